The maximum Gasteiger partial charge on any atom is 0.252 e. The molecule has 0 saturated carbocycles. The second-order valence-corrected chi connectivity index (χ2v) is 6.35. The third-order valence-electron chi connectivity index (χ3n) is 3.83. The number of carbonyl (C=O) groups excluding carboxylic acids is 1. The molecule has 6 heteroatoms. The van der Waals surface area contributed by atoms with Crippen molar-refractivity contribution in [3.8, 4) is 22.8 Å². The molecule has 3 rings (SSSR count). The fraction of sp³-hybridized carbons (Fsp3) is 0.200. The first kappa shape index (κ1) is 18.2. The molecule has 1 atom stereocenters. The van der Waals surface area contributed by atoms with Crippen molar-refractivity contribution in [1.29, 1.82) is 0 Å². The SMILES string of the molecule is COCC(C)NC(=O)c1ccccc1-c1ncc(-c2ccc(Cl)cc2)o1. The molecule has 0 bridgehead atoms. The number of amides is 1. The van der Waals surface area contributed by atoms with Gasteiger partial charge in [-0.1, -0.05) is 23.7 Å². The monoisotopic (exact) mass is 370 g/mol. The summed E-state index contributed by atoms with van der Waals surface area (Å²) in [6, 6.07) is 14.4. The lowest BCUT2D eigenvalue weighted by Gasteiger charge is -2.14. The van der Waals surface area contributed by atoms with Crippen molar-refractivity contribution in [2.75, 3.05) is 13.7 Å². The molecular weight excluding hydrogens is 352 g/mol. The van der Waals surface area contributed by atoms with E-state index in [4.69, 9.17) is 20.8 Å². The summed E-state index contributed by atoms with van der Waals surface area (Å²) in [5, 5.41) is 3.56. The van der Waals surface area contributed by atoms with Crippen LogP contribution < -0.4 is 5.32 Å². The Morgan fingerprint density at radius 3 is 2.69 bits per heavy atom. The minimum atomic E-state index is -0.198. The van der Waals surface area contributed by atoms with Gasteiger partial charge >= 0.3 is 0 Å². The van der Waals surface area contributed by atoms with Crippen LogP contribution in [0.1, 0.15) is 17.3 Å². The third kappa shape index (κ3) is 4.12. The number of hydrogen-bond donors (Lipinski definition) is 1. The fourth-order valence-corrected chi connectivity index (χ4v) is 2.73. The Morgan fingerprint density at radius 2 is 1.96 bits per heavy atom. The Labute approximate surface area is 157 Å². The number of nitrogens with one attached hydrogen (secondary N) is 1. The van der Waals surface area contributed by atoms with Crippen LogP contribution in [0.25, 0.3) is 22.8 Å². The molecule has 5 nitrogen and oxygen atoms in total. The predicted octanol–water partition coefficient (Wildman–Crippen LogP) is 4.43. The van der Waals surface area contributed by atoms with Crippen LogP contribution in [0.4, 0.5) is 0 Å². The van der Waals surface area contributed by atoms with Gasteiger partial charge in [-0.25, -0.2) is 4.98 Å². The first-order valence-electron chi connectivity index (χ1n) is 8.19. The number of carbonyl (C=O) groups is 1. The highest BCUT2D eigenvalue weighted by molar-refractivity contribution is 6.30. The molecule has 1 aromatic heterocycles. The minimum absolute atomic E-state index is 0.102. The number of hydrogen-bond acceptors (Lipinski definition) is 4. The molecule has 1 N–H and O–H groups in total. The van der Waals surface area contributed by atoms with Crippen molar-refractivity contribution >= 4 is 17.5 Å². The molecule has 0 saturated heterocycles. The number of methoxy groups -OCH3 is 1. The van der Waals surface area contributed by atoms with Crippen molar-refractivity contribution in [3.05, 3.63) is 65.3 Å². The van der Waals surface area contributed by atoms with Gasteiger partial charge in [0.1, 0.15) is 0 Å². The summed E-state index contributed by atoms with van der Waals surface area (Å²) in [4.78, 5) is 16.9. The maximum atomic E-state index is 12.6. The quantitative estimate of drug-likeness (QED) is 0.697. The van der Waals surface area contributed by atoms with Crippen LogP contribution in [-0.2, 0) is 4.74 Å². The average Bonchev–Trinajstić information content (AvgIpc) is 3.12. The molecule has 2 aromatic carbocycles. The zero-order valence-electron chi connectivity index (χ0n) is 14.5. The number of oxazole rings is 1. The first-order chi connectivity index (χ1) is 12.6. The van der Waals surface area contributed by atoms with Gasteiger partial charge in [0.15, 0.2) is 5.76 Å². The molecule has 1 unspecified atom stereocenters. The zero-order valence-corrected chi connectivity index (χ0v) is 15.3. The number of aromatic nitrogens is 1. The van der Waals surface area contributed by atoms with Crippen LogP contribution in [0.15, 0.2) is 59.1 Å². The van der Waals surface area contributed by atoms with Crippen molar-refractivity contribution in [1.82, 2.24) is 10.3 Å². The Hall–Kier alpha value is -2.63. The lowest BCUT2D eigenvalue weighted by Crippen LogP contribution is -2.35. The van der Waals surface area contributed by atoms with Gasteiger partial charge in [-0.2, -0.15) is 0 Å². The molecule has 134 valence electrons. The predicted molar refractivity (Wildman–Crippen MR) is 101 cm³/mol. The summed E-state index contributed by atoms with van der Waals surface area (Å²) in [6.07, 6.45) is 1.64. The van der Waals surface area contributed by atoms with Crippen molar-refractivity contribution in [2.45, 2.75) is 13.0 Å². The number of benzene rings is 2. The van der Waals surface area contributed by atoms with Gasteiger partial charge in [0.25, 0.3) is 5.91 Å². The number of ether oxygens (including phenoxy) is 1. The van der Waals surface area contributed by atoms with Crippen molar-refractivity contribution < 1.29 is 13.9 Å². The van der Waals surface area contributed by atoms with Crippen LogP contribution in [0.3, 0.4) is 0 Å². The summed E-state index contributed by atoms with van der Waals surface area (Å²) >= 11 is 5.92. The standard InChI is InChI=1S/C20H19ClN2O3/c1-13(12-25-2)23-19(24)16-5-3-4-6-17(16)20-22-11-18(26-20)14-7-9-15(21)10-8-14/h3-11,13H,12H2,1-2H3,(H,23,24). The number of rotatable bonds is 6. The highest BCUT2D eigenvalue weighted by Gasteiger charge is 2.18. The Bertz CT molecular complexity index is 890. The highest BCUT2D eigenvalue weighted by Crippen LogP contribution is 2.28. The van der Waals surface area contributed by atoms with Gasteiger partial charge < -0.3 is 14.5 Å². The van der Waals surface area contributed by atoms with E-state index in [0.717, 1.165) is 5.56 Å². The Balaban J connectivity index is 1.88. The van der Waals surface area contributed by atoms with E-state index in [1.54, 1.807) is 31.5 Å². The van der Waals surface area contributed by atoms with Crippen LogP contribution in [-0.4, -0.2) is 30.6 Å². The number of halogens is 1. The van der Waals surface area contributed by atoms with E-state index in [0.29, 0.717) is 34.4 Å². The smallest absolute Gasteiger partial charge is 0.252 e. The summed E-state index contributed by atoms with van der Waals surface area (Å²) in [7, 11) is 1.60. The average molecular weight is 371 g/mol. The normalized spacial score (nSPS) is 12.0. The summed E-state index contributed by atoms with van der Waals surface area (Å²) in [5.74, 6) is 0.802. The van der Waals surface area contributed by atoms with Crippen molar-refractivity contribution in [2.24, 2.45) is 0 Å². The minimum Gasteiger partial charge on any atom is -0.436 e. The van der Waals surface area contributed by atoms with Crippen LogP contribution in [0.2, 0.25) is 5.02 Å². The molecule has 0 radical (unpaired) electrons. The third-order valence-corrected chi connectivity index (χ3v) is 4.08. The lowest BCUT2D eigenvalue weighted by molar-refractivity contribution is 0.0906. The first-order valence-corrected chi connectivity index (χ1v) is 8.57. The zero-order chi connectivity index (χ0) is 18.5. The van der Waals surface area contributed by atoms with Crippen LogP contribution in [0.5, 0.6) is 0 Å². The van der Waals surface area contributed by atoms with Gasteiger partial charge in [0.05, 0.1) is 18.4 Å². The van der Waals surface area contributed by atoms with Gasteiger partial charge in [0.2, 0.25) is 5.89 Å². The largest absolute Gasteiger partial charge is 0.436 e. The Morgan fingerprint density at radius 1 is 1.23 bits per heavy atom. The molecule has 1 heterocycles. The summed E-state index contributed by atoms with van der Waals surface area (Å²) < 4.78 is 10.9. The van der Waals surface area contributed by atoms with E-state index in [1.807, 2.05) is 37.3 Å². The van der Waals surface area contributed by atoms with E-state index < -0.39 is 0 Å². The van der Waals surface area contributed by atoms with Gasteiger partial charge in [-0.15, -0.1) is 0 Å². The number of nitrogens with zero attached hydrogens (tertiary/aromatic N) is 1. The second-order valence-electron chi connectivity index (χ2n) is 5.91. The fourth-order valence-electron chi connectivity index (χ4n) is 2.61. The van der Waals surface area contributed by atoms with E-state index in [1.165, 1.54) is 0 Å². The molecule has 26 heavy (non-hydrogen) atoms. The molecule has 1 amide bonds. The maximum absolute atomic E-state index is 12.6. The molecule has 0 aliphatic carbocycles. The molecule has 0 aliphatic heterocycles. The summed E-state index contributed by atoms with van der Waals surface area (Å²) in [5.41, 5.74) is 2.00. The van der Waals surface area contributed by atoms with Gasteiger partial charge in [-0.3, -0.25) is 4.79 Å². The second kappa shape index (κ2) is 8.17. The molecule has 3 aromatic rings. The molecule has 0 fully saturated rings. The van der Waals surface area contributed by atoms with Crippen LogP contribution >= 0.6 is 11.6 Å². The van der Waals surface area contributed by atoms with Gasteiger partial charge in [-0.05, 0) is 43.3 Å². The van der Waals surface area contributed by atoms with E-state index in [2.05, 4.69) is 10.3 Å². The Kier molecular flexibility index (Phi) is 5.71. The molecule has 0 spiro atoms. The van der Waals surface area contributed by atoms with Gasteiger partial charge in [0, 0.05) is 29.3 Å². The molecular formula is C20H19ClN2O3. The van der Waals surface area contributed by atoms with E-state index in [9.17, 15) is 4.79 Å². The topological polar surface area (TPSA) is 64.4 Å². The highest BCUT2D eigenvalue weighted by atomic mass is 35.5. The van der Waals surface area contributed by atoms with E-state index >= 15 is 0 Å². The van der Waals surface area contributed by atoms with Crippen molar-refractivity contribution in [3.63, 3.8) is 0 Å². The molecule has 0 aliphatic rings. The summed E-state index contributed by atoms with van der Waals surface area (Å²) in [6.45, 7) is 2.32. The lowest BCUT2D eigenvalue weighted by atomic mass is 10.1. The van der Waals surface area contributed by atoms with E-state index in [-0.39, 0.29) is 11.9 Å². The van der Waals surface area contributed by atoms with Crippen LogP contribution in [0, 0.1) is 0 Å².